The molecule has 3 heterocycles. The van der Waals surface area contributed by atoms with Crippen molar-refractivity contribution in [1.29, 1.82) is 0 Å². The summed E-state index contributed by atoms with van der Waals surface area (Å²) in [6.45, 7) is 5.10. The number of alkyl halides is 3. The van der Waals surface area contributed by atoms with Crippen LogP contribution in [-0.4, -0.2) is 57.9 Å². The van der Waals surface area contributed by atoms with E-state index in [2.05, 4.69) is 20.6 Å². The van der Waals surface area contributed by atoms with Crippen LogP contribution >= 0.6 is 0 Å². The number of carbonyl (C=O) groups excluding carboxylic acids is 2. The average Bonchev–Trinajstić information content (AvgIpc) is 2.94. The van der Waals surface area contributed by atoms with Gasteiger partial charge in [-0.3, -0.25) is 14.4 Å². The molecule has 0 aliphatic carbocycles. The molecule has 10 nitrogen and oxygen atoms in total. The predicted octanol–water partition coefficient (Wildman–Crippen LogP) is 4.96. The average molecular weight is 585 g/mol. The number of hydrogen-bond donors (Lipinski definition) is 2. The Hall–Kier alpha value is -4.23. The highest BCUT2D eigenvalue weighted by molar-refractivity contribution is 5.95. The van der Waals surface area contributed by atoms with E-state index in [-0.39, 0.29) is 36.2 Å². The van der Waals surface area contributed by atoms with Crippen molar-refractivity contribution in [3.8, 4) is 11.6 Å². The number of benzene rings is 2. The lowest BCUT2D eigenvalue weighted by atomic mass is 10.0. The molecule has 0 radical (unpaired) electrons. The van der Waals surface area contributed by atoms with Gasteiger partial charge in [0.05, 0.1) is 6.61 Å². The number of rotatable bonds is 6. The van der Waals surface area contributed by atoms with Crippen LogP contribution in [0.3, 0.4) is 0 Å². The van der Waals surface area contributed by atoms with Gasteiger partial charge in [-0.25, -0.2) is 4.98 Å². The van der Waals surface area contributed by atoms with Gasteiger partial charge < -0.3 is 20.3 Å². The molecule has 0 unspecified atom stereocenters. The van der Waals surface area contributed by atoms with Crippen molar-refractivity contribution < 1.29 is 32.3 Å². The van der Waals surface area contributed by atoms with Gasteiger partial charge in [-0.1, -0.05) is 12.1 Å². The van der Waals surface area contributed by atoms with Crippen LogP contribution in [0.2, 0.25) is 0 Å². The number of fused-ring (bicyclic) bond motifs is 1. The third-order valence-corrected chi connectivity index (χ3v) is 7.33. The number of hydroxylamine groups is 2. The van der Waals surface area contributed by atoms with Crippen LogP contribution in [0.4, 0.5) is 24.8 Å². The molecule has 1 fully saturated rings. The topological polar surface area (TPSA) is 109 Å². The van der Waals surface area contributed by atoms with Crippen molar-refractivity contribution >= 4 is 23.5 Å². The summed E-state index contributed by atoms with van der Waals surface area (Å²) in [5.74, 6) is -0.744. The Labute approximate surface area is 240 Å². The largest absolute Gasteiger partial charge is 0.438 e. The lowest BCUT2D eigenvalue weighted by Crippen LogP contribution is -2.46. The standard InChI is InChI=1S/C29H31F3N6O4/c1-17-13-19(26(40)34-21-9-11-38(12-10-21)18(2)39)7-8-24(17)35-28-33-14-23(29(30,31)32)27(36-28)42-25-6-4-5-20-15-37(3)41-16-22(20)25/h4-8,13-14,21H,9-12,15-16H2,1-3H3,(H,34,40)(H,33,35,36). The summed E-state index contributed by atoms with van der Waals surface area (Å²) in [7, 11) is 1.77. The molecule has 2 aromatic carbocycles. The Bertz CT molecular complexity index is 1490. The summed E-state index contributed by atoms with van der Waals surface area (Å²) in [6, 6.07) is 10.0. The van der Waals surface area contributed by atoms with Crippen molar-refractivity contribution in [1.82, 2.24) is 25.2 Å². The number of ether oxygens (including phenoxy) is 1. The molecule has 2 aliphatic rings. The van der Waals surface area contributed by atoms with Crippen LogP contribution in [0.1, 0.15) is 52.4 Å². The van der Waals surface area contributed by atoms with Gasteiger partial charge in [0, 0.05) is 62.7 Å². The van der Waals surface area contributed by atoms with E-state index in [0.717, 1.165) is 5.56 Å². The van der Waals surface area contributed by atoms with Crippen molar-refractivity contribution in [3.05, 3.63) is 70.4 Å². The third-order valence-electron chi connectivity index (χ3n) is 7.33. The van der Waals surface area contributed by atoms with Gasteiger partial charge in [0.15, 0.2) is 0 Å². The van der Waals surface area contributed by atoms with E-state index in [9.17, 15) is 22.8 Å². The Kier molecular flexibility index (Phi) is 8.32. The molecule has 3 aromatic rings. The Morgan fingerprint density at radius 1 is 1.14 bits per heavy atom. The first-order valence-corrected chi connectivity index (χ1v) is 13.5. The second kappa shape index (κ2) is 11.9. The van der Waals surface area contributed by atoms with Crippen molar-refractivity contribution in [2.75, 3.05) is 25.5 Å². The summed E-state index contributed by atoms with van der Waals surface area (Å²) >= 11 is 0. The number of piperidine rings is 1. The van der Waals surface area contributed by atoms with E-state index in [1.165, 1.54) is 6.92 Å². The summed E-state index contributed by atoms with van der Waals surface area (Å²) in [4.78, 5) is 39.6. The van der Waals surface area contributed by atoms with Gasteiger partial charge >= 0.3 is 6.18 Å². The van der Waals surface area contributed by atoms with Crippen LogP contribution in [-0.2, 0) is 29.0 Å². The van der Waals surface area contributed by atoms with Gasteiger partial charge in [0.2, 0.25) is 17.7 Å². The van der Waals surface area contributed by atoms with Crippen LogP contribution in [0, 0.1) is 6.92 Å². The number of likely N-dealkylation sites (tertiary alicyclic amines) is 1. The van der Waals surface area contributed by atoms with E-state index >= 15 is 0 Å². The number of hydrogen-bond acceptors (Lipinski definition) is 8. The van der Waals surface area contributed by atoms with Gasteiger partial charge in [0.1, 0.15) is 11.3 Å². The lowest BCUT2D eigenvalue weighted by Gasteiger charge is -2.31. The molecular formula is C29H31F3N6O4. The second-order valence-electron chi connectivity index (χ2n) is 10.4. The number of amides is 2. The number of aromatic nitrogens is 2. The molecule has 42 heavy (non-hydrogen) atoms. The fourth-order valence-corrected chi connectivity index (χ4v) is 4.95. The van der Waals surface area contributed by atoms with Gasteiger partial charge in [0.25, 0.3) is 5.91 Å². The van der Waals surface area contributed by atoms with Gasteiger partial charge in [-0.15, -0.1) is 0 Å². The SMILES string of the molecule is CC(=O)N1CCC(NC(=O)c2ccc(Nc3ncc(C(F)(F)F)c(Oc4cccc5c4CON(C)C5)n3)c(C)c2)CC1. The minimum atomic E-state index is -4.74. The van der Waals surface area contributed by atoms with Gasteiger partial charge in [-0.2, -0.15) is 23.2 Å². The lowest BCUT2D eigenvalue weighted by molar-refractivity contribution is -0.168. The molecule has 0 bridgehead atoms. The molecule has 0 spiro atoms. The van der Waals surface area contributed by atoms with E-state index in [1.807, 2.05) is 6.07 Å². The van der Waals surface area contributed by atoms with Crippen LogP contribution in [0.15, 0.2) is 42.6 Å². The predicted molar refractivity (Wildman–Crippen MR) is 147 cm³/mol. The number of carbonyl (C=O) groups is 2. The molecule has 0 saturated carbocycles. The maximum absolute atomic E-state index is 13.8. The van der Waals surface area contributed by atoms with E-state index < -0.39 is 17.6 Å². The van der Waals surface area contributed by atoms with Crippen LogP contribution in [0.25, 0.3) is 0 Å². The summed E-state index contributed by atoms with van der Waals surface area (Å²) in [5, 5.41) is 7.58. The second-order valence-corrected chi connectivity index (χ2v) is 10.4. The Balaban J connectivity index is 1.32. The molecule has 1 saturated heterocycles. The zero-order chi connectivity index (χ0) is 30.0. The fourth-order valence-electron chi connectivity index (χ4n) is 4.95. The first-order valence-electron chi connectivity index (χ1n) is 13.5. The smallest absolute Gasteiger partial charge is 0.423 e. The number of anilines is 2. The number of halogens is 3. The minimum Gasteiger partial charge on any atom is -0.438 e. The normalized spacial score (nSPS) is 16.1. The summed E-state index contributed by atoms with van der Waals surface area (Å²) < 4.78 is 47.3. The molecule has 2 aliphatic heterocycles. The fraction of sp³-hybridized carbons (Fsp3) is 0.379. The molecule has 0 atom stereocenters. The Morgan fingerprint density at radius 3 is 2.60 bits per heavy atom. The number of nitrogens with zero attached hydrogens (tertiary/aromatic N) is 4. The summed E-state index contributed by atoms with van der Waals surface area (Å²) in [5.41, 5.74) is 2.02. The van der Waals surface area contributed by atoms with Gasteiger partial charge in [-0.05, 0) is 55.2 Å². The number of nitrogens with one attached hydrogen (secondary N) is 2. The van der Waals surface area contributed by atoms with Crippen molar-refractivity contribution in [3.63, 3.8) is 0 Å². The number of aryl methyl sites for hydroxylation is 1. The quantitative estimate of drug-likeness (QED) is 0.419. The first-order chi connectivity index (χ1) is 20.0. The van der Waals surface area contributed by atoms with E-state index in [0.29, 0.717) is 61.1 Å². The highest BCUT2D eigenvalue weighted by atomic mass is 19.4. The molecule has 13 heteroatoms. The molecule has 2 N–H and O–H groups in total. The van der Waals surface area contributed by atoms with Crippen molar-refractivity contribution in [2.45, 2.75) is 52.1 Å². The monoisotopic (exact) mass is 584 g/mol. The van der Waals surface area contributed by atoms with E-state index in [4.69, 9.17) is 9.57 Å². The first kappa shape index (κ1) is 29.3. The molecular weight excluding hydrogens is 553 g/mol. The zero-order valence-electron chi connectivity index (χ0n) is 23.4. The van der Waals surface area contributed by atoms with Crippen molar-refractivity contribution in [2.24, 2.45) is 0 Å². The molecule has 5 rings (SSSR count). The maximum atomic E-state index is 13.8. The Morgan fingerprint density at radius 2 is 1.90 bits per heavy atom. The molecule has 1 aromatic heterocycles. The third kappa shape index (κ3) is 6.63. The zero-order valence-corrected chi connectivity index (χ0v) is 23.4. The molecule has 222 valence electrons. The van der Waals surface area contributed by atoms with E-state index in [1.54, 1.807) is 54.3 Å². The molecule has 2 amide bonds. The highest BCUT2D eigenvalue weighted by Gasteiger charge is 2.37. The van der Waals surface area contributed by atoms with Crippen LogP contribution < -0.4 is 15.4 Å². The van der Waals surface area contributed by atoms with Crippen LogP contribution in [0.5, 0.6) is 11.6 Å². The minimum absolute atomic E-state index is 0.0239. The summed E-state index contributed by atoms with van der Waals surface area (Å²) in [6.07, 6.45) is -2.71. The maximum Gasteiger partial charge on any atom is 0.423 e. The highest BCUT2D eigenvalue weighted by Crippen LogP contribution is 2.39.